The Morgan fingerprint density at radius 2 is 1.57 bits per heavy atom. The van der Waals surface area contributed by atoms with Crippen LogP contribution in [0, 0.1) is 5.82 Å². The molecule has 0 aliphatic heterocycles. The van der Waals surface area contributed by atoms with Crippen molar-refractivity contribution >= 4 is 28.4 Å². The van der Waals surface area contributed by atoms with Gasteiger partial charge in [-0.2, -0.15) is 0 Å². The van der Waals surface area contributed by atoms with Crippen LogP contribution in [0.1, 0.15) is 26.3 Å². The van der Waals surface area contributed by atoms with E-state index in [-0.39, 0.29) is 24.2 Å². The first-order valence-electron chi connectivity index (χ1n) is 9.38. The molecular weight excluding hydrogens is 381 g/mol. The average Bonchev–Trinajstić information content (AvgIpc) is 2.78. The van der Waals surface area contributed by atoms with Crippen LogP contribution in [0.4, 0.5) is 10.1 Å². The Balaban J connectivity index is 1.49. The van der Waals surface area contributed by atoms with Gasteiger partial charge in [-0.05, 0) is 36.4 Å². The van der Waals surface area contributed by atoms with Crippen LogP contribution < -0.4 is 10.6 Å². The fraction of sp³-hybridized carbons (Fsp3) is 0.0417. The minimum atomic E-state index is -0.389. The predicted octanol–water partition coefficient (Wildman–Crippen LogP) is 4.56. The number of aromatic nitrogens is 1. The Morgan fingerprint density at radius 3 is 2.40 bits per heavy atom. The fourth-order valence-electron chi connectivity index (χ4n) is 3.12. The molecule has 6 heteroatoms. The van der Waals surface area contributed by atoms with E-state index < -0.39 is 0 Å². The third-order valence-electron chi connectivity index (χ3n) is 4.67. The number of amides is 2. The Hall–Kier alpha value is -4.06. The second-order valence-electron chi connectivity index (χ2n) is 6.69. The summed E-state index contributed by atoms with van der Waals surface area (Å²) in [5, 5.41) is 6.44. The molecule has 0 fully saturated rings. The van der Waals surface area contributed by atoms with Crippen molar-refractivity contribution in [3.05, 3.63) is 108 Å². The highest BCUT2D eigenvalue weighted by atomic mass is 19.1. The van der Waals surface area contributed by atoms with E-state index in [4.69, 9.17) is 0 Å². The van der Waals surface area contributed by atoms with Crippen molar-refractivity contribution < 1.29 is 14.0 Å². The number of para-hydroxylation sites is 1. The van der Waals surface area contributed by atoms with E-state index in [0.717, 1.165) is 5.39 Å². The van der Waals surface area contributed by atoms with E-state index in [0.29, 0.717) is 27.9 Å². The molecule has 1 aromatic heterocycles. The first-order valence-corrected chi connectivity index (χ1v) is 9.38. The molecule has 0 saturated carbocycles. The summed E-state index contributed by atoms with van der Waals surface area (Å²) in [6.45, 7) is 0.0591. The van der Waals surface area contributed by atoms with Crippen LogP contribution in [0.25, 0.3) is 10.9 Å². The number of pyridine rings is 1. The topological polar surface area (TPSA) is 71.1 Å². The van der Waals surface area contributed by atoms with Crippen LogP contribution in [0.5, 0.6) is 0 Å². The summed E-state index contributed by atoms with van der Waals surface area (Å²) >= 11 is 0. The maximum atomic E-state index is 13.7. The molecule has 0 atom stereocenters. The minimum absolute atomic E-state index is 0.0591. The second-order valence-corrected chi connectivity index (χ2v) is 6.69. The largest absolute Gasteiger partial charge is 0.348 e. The number of fused-ring (bicyclic) bond motifs is 1. The second kappa shape index (κ2) is 8.53. The molecule has 0 bridgehead atoms. The zero-order chi connectivity index (χ0) is 20.9. The smallest absolute Gasteiger partial charge is 0.255 e. The monoisotopic (exact) mass is 399 g/mol. The van der Waals surface area contributed by atoms with Crippen molar-refractivity contribution in [3.8, 4) is 0 Å². The quantitative estimate of drug-likeness (QED) is 0.517. The van der Waals surface area contributed by atoms with Crippen molar-refractivity contribution in [2.75, 3.05) is 5.32 Å². The molecule has 0 aliphatic carbocycles. The van der Waals surface area contributed by atoms with E-state index in [1.807, 2.05) is 24.3 Å². The molecule has 148 valence electrons. The van der Waals surface area contributed by atoms with Crippen LogP contribution in [0.3, 0.4) is 0 Å². The number of benzene rings is 3. The van der Waals surface area contributed by atoms with Crippen molar-refractivity contribution in [1.29, 1.82) is 0 Å². The molecule has 1 heterocycles. The molecule has 5 nitrogen and oxygen atoms in total. The fourth-order valence-corrected chi connectivity index (χ4v) is 3.12. The van der Waals surface area contributed by atoms with Crippen molar-refractivity contribution in [3.63, 3.8) is 0 Å². The molecule has 3 aromatic carbocycles. The molecule has 0 radical (unpaired) electrons. The molecule has 0 unspecified atom stereocenters. The van der Waals surface area contributed by atoms with E-state index in [9.17, 15) is 14.0 Å². The standard InChI is InChI=1S/C24H18FN3O2/c25-20-11-2-1-6-19(20)15-27-23(29)17-8-3-9-18(14-17)24(30)28-21-12-4-7-16-10-5-13-26-22(16)21/h1-14H,15H2,(H,27,29)(H,28,30). The average molecular weight is 399 g/mol. The van der Waals surface area contributed by atoms with Gasteiger partial charge in [0.2, 0.25) is 0 Å². The third kappa shape index (κ3) is 4.17. The number of rotatable bonds is 5. The molecule has 4 aromatic rings. The molecule has 2 amide bonds. The van der Waals surface area contributed by atoms with Gasteiger partial charge >= 0.3 is 0 Å². The van der Waals surface area contributed by atoms with E-state index in [1.54, 1.807) is 48.7 Å². The van der Waals surface area contributed by atoms with Crippen molar-refractivity contribution in [1.82, 2.24) is 10.3 Å². The minimum Gasteiger partial charge on any atom is -0.348 e. The summed E-state index contributed by atoms with van der Waals surface area (Å²) in [6, 6.07) is 21.9. The van der Waals surface area contributed by atoms with Gasteiger partial charge in [-0.15, -0.1) is 0 Å². The number of halogens is 1. The molecule has 0 spiro atoms. The van der Waals surface area contributed by atoms with Gasteiger partial charge < -0.3 is 10.6 Å². The van der Waals surface area contributed by atoms with Crippen molar-refractivity contribution in [2.24, 2.45) is 0 Å². The number of hydrogen-bond acceptors (Lipinski definition) is 3. The van der Waals surface area contributed by atoms with Gasteiger partial charge in [0.05, 0.1) is 11.2 Å². The lowest BCUT2D eigenvalue weighted by molar-refractivity contribution is 0.0950. The van der Waals surface area contributed by atoms with Gasteiger partial charge in [-0.25, -0.2) is 4.39 Å². The van der Waals surface area contributed by atoms with E-state index in [2.05, 4.69) is 15.6 Å². The first kappa shape index (κ1) is 19.3. The van der Waals surface area contributed by atoms with Crippen LogP contribution in [0.15, 0.2) is 85.1 Å². The van der Waals surface area contributed by atoms with Gasteiger partial charge in [-0.3, -0.25) is 14.6 Å². The van der Waals surface area contributed by atoms with Gasteiger partial charge in [0, 0.05) is 34.8 Å². The highest BCUT2D eigenvalue weighted by Crippen LogP contribution is 2.21. The highest BCUT2D eigenvalue weighted by Gasteiger charge is 2.13. The predicted molar refractivity (Wildman–Crippen MR) is 114 cm³/mol. The van der Waals surface area contributed by atoms with Crippen LogP contribution in [0.2, 0.25) is 0 Å². The Labute approximate surface area is 172 Å². The number of nitrogens with zero attached hydrogens (tertiary/aromatic N) is 1. The van der Waals surface area contributed by atoms with Gasteiger partial charge in [0.15, 0.2) is 0 Å². The number of anilines is 1. The zero-order valence-corrected chi connectivity index (χ0v) is 15.9. The van der Waals surface area contributed by atoms with Gasteiger partial charge in [0.1, 0.15) is 5.82 Å². The van der Waals surface area contributed by atoms with Gasteiger partial charge in [-0.1, -0.05) is 42.5 Å². The molecule has 2 N–H and O–H groups in total. The van der Waals surface area contributed by atoms with E-state index >= 15 is 0 Å². The van der Waals surface area contributed by atoms with Crippen LogP contribution in [-0.2, 0) is 6.54 Å². The molecule has 0 saturated heterocycles. The highest BCUT2D eigenvalue weighted by molar-refractivity contribution is 6.09. The summed E-state index contributed by atoms with van der Waals surface area (Å²) in [6.07, 6.45) is 1.67. The third-order valence-corrected chi connectivity index (χ3v) is 4.67. The molecular formula is C24H18FN3O2. The molecule has 0 aliphatic rings. The Morgan fingerprint density at radius 1 is 0.833 bits per heavy atom. The maximum Gasteiger partial charge on any atom is 0.255 e. The lowest BCUT2D eigenvalue weighted by Gasteiger charge is -2.10. The number of carbonyl (C=O) groups is 2. The summed E-state index contributed by atoms with van der Waals surface area (Å²) in [4.78, 5) is 29.5. The van der Waals surface area contributed by atoms with Crippen LogP contribution in [-0.4, -0.2) is 16.8 Å². The number of nitrogens with one attached hydrogen (secondary N) is 2. The molecule has 4 rings (SSSR count). The van der Waals surface area contributed by atoms with E-state index in [1.165, 1.54) is 12.1 Å². The Kier molecular flexibility index (Phi) is 5.48. The summed E-state index contributed by atoms with van der Waals surface area (Å²) < 4.78 is 13.7. The number of carbonyl (C=O) groups excluding carboxylic acids is 2. The van der Waals surface area contributed by atoms with Crippen molar-refractivity contribution in [2.45, 2.75) is 6.54 Å². The molecule has 30 heavy (non-hydrogen) atoms. The summed E-state index contributed by atoms with van der Waals surface area (Å²) in [5.74, 6) is -1.12. The maximum absolute atomic E-state index is 13.7. The van der Waals surface area contributed by atoms with Gasteiger partial charge in [0.25, 0.3) is 11.8 Å². The summed E-state index contributed by atoms with van der Waals surface area (Å²) in [7, 11) is 0. The first-order chi connectivity index (χ1) is 14.6. The normalized spacial score (nSPS) is 10.6. The Bertz CT molecular complexity index is 1230. The zero-order valence-electron chi connectivity index (χ0n) is 15.9. The summed E-state index contributed by atoms with van der Waals surface area (Å²) in [5.41, 5.74) is 2.32. The lowest BCUT2D eigenvalue weighted by atomic mass is 10.1. The van der Waals surface area contributed by atoms with Crippen LogP contribution >= 0.6 is 0 Å². The lowest BCUT2D eigenvalue weighted by Crippen LogP contribution is -2.24. The SMILES string of the molecule is O=C(NCc1ccccc1F)c1cccc(C(=O)Nc2cccc3cccnc23)c1. The number of hydrogen-bond donors (Lipinski definition) is 2.